The third-order valence-electron chi connectivity index (χ3n) is 5.31. The van der Waals surface area contributed by atoms with Crippen LogP contribution in [0.2, 0.25) is 0 Å². The fourth-order valence-corrected chi connectivity index (χ4v) is 3.50. The van der Waals surface area contributed by atoms with Gasteiger partial charge in [-0.25, -0.2) is 4.98 Å². The van der Waals surface area contributed by atoms with Gasteiger partial charge in [-0.3, -0.25) is 4.99 Å². The highest BCUT2D eigenvalue weighted by atomic mass is 127. The molecule has 1 aliphatic rings. The molecule has 0 amide bonds. The van der Waals surface area contributed by atoms with Gasteiger partial charge in [0.2, 0.25) is 0 Å². The van der Waals surface area contributed by atoms with Crippen LogP contribution in [0.25, 0.3) is 0 Å². The minimum atomic E-state index is 0. The van der Waals surface area contributed by atoms with Crippen LogP contribution in [-0.4, -0.2) is 56.9 Å². The normalized spacial score (nSPS) is 17.4. The lowest BCUT2D eigenvalue weighted by Crippen LogP contribution is -2.41. The monoisotopic (exact) mass is 553 g/mol. The minimum absolute atomic E-state index is 0. The van der Waals surface area contributed by atoms with E-state index in [4.69, 9.17) is 9.47 Å². The number of halogens is 1. The second-order valence-corrected chi connectivity index (χ2v) is 7.78. The van der Waals surface area contributed by atoms with E-state index in [2.05, 4.69) is 63.6 Å². The third kappa shape index (κ3) is 8.55. The molecule has 0 bridgehead atoms. The summed E-state index contributed by atoms with van der Waals surface area (Å²) in [4.78, 5) is 11.2. The number of hydrogen-bond acceptors (Lipinski definition) is 5. The summed E-state index contributed by atoms with van der Waals surface area (Å²) in [5.41, 5.74) is 2.32. The molecule has 7 nitrogen and oxygen atoms in total. The molecule has 176 valence electrons. The standard InChI is InChI=1S/C24H35N5O2.HI/c1-19-18-29(13-15-30-19)23-11-10-21(16-27-23)17-28-24(25-3)26-12-7-14-31-20(2)22-8-5-4-6-9-22;/h4-6,8-11,16,19-20H,7,12-15,17-18H2,1-3H3,(H2,25,26,28);1H. The van der Waals surface area contributed by atoms with E-state index in [-0.39, 0.29) is 36.2 Å². The number of nitrogens with zero attached hydrogens (tertiary/aromatic N) is 3. The fraction of sp³-hybridized carbons (Fsp3) is 0.500. The lowest BCUT2D eigenvalue weighted by molar-refractivity contribution is 0.0529. The molecule has 2 unspecified atom stereocenters. The first-order valence-electron chi connectivity index (χ1n) is 11.1. The smallest absolute Gasteiger partial charge is 0.191 e. The Morgan fingerprint density at radius 2 is 2.06 bits per heavy atom. The van der Waals surface area contributed by atoms with Gasteiger partial charge in [0, 0.05) is 46.0 Å². The summed E-state index contributed by atoms with van der Waals surface area (Å²) < 4.78 is 11.5. The third-order valence-corrected chi connectivity index (χ3v) is 5.31. The maximum atomic E-state index is 5.92. The molecule has 0 saturated carbocycles. The summed E-state index contributed by atoms with van der Waals surface area (Å²) in [6.07, 6.45) is 3.19. The lowest BCUT2D eigenvalue weighted by atomic mass is 10.1. The van der Waals surface area contributed by atoms with E-state index < -0.39 is 0 Å². The van der Waals surface area contributed by atoms with Crippen LogP contribution in [0.15, 0.2) is 53.7 Å². The molecule has 0 spiro atoms. The lowest BCUT2D eigenvalue weighted by Gasteiger charge is -2.32. The van der Waals surface area contributed by atoms with Gasteiger partial charge >= 0.3 is 0 Å². The molecule has 1 fully saturated rings. The average molecular weight is 553 g/mol. The van der Waals surface area contributed by atoms with Crippen molar-refractivity contribution < 1.29 is 9.47 Å². The Balaban J connectivity index is 0.00000363. The van der Waals surface area contributed by atoms with Gasteiger partial charge in [0.1, 0.15) is 5.82 Å². The van der Waals surface area contributed by atoms with Gasteiger partial charge in [-0.2, -0.15) is 0 Å². The largest absolute Gasteiger partial charge is 0.375 e. The van der Waals surface area contributed by atoms with Crippen molar-refractivity contribution in [2.45, 2.75) is 39.0 Å². The average Bonchev–Trinajstić information content (AvgIpc) is 2.81. The second kappa shape index (κ2) is 14.3. The van der Waals surface area contributed by atoms with Crippen molar-refractivity contribution in [3.05, 3.63) is 59.8 Å². The van der Waals surface area contributed by atoms with Crippen molar-refractivity contribution >= 4 is 35.8 Å². The van der Waals surface area contributed by atoms with Crippen LogP contribution >= 0.6 is 24.0 Å². The van der Waals surface area contributed by atoms with E-state index in [0.717, 1.165) is 50.0 Å². The predicted molar refractivity (Wildman–Crippen MR) is 141 cm³/mol. The van der Waals surface area contributed by atoms with E-state index in [1.165, 1.54) is 5.56 Å². The first-order valence-corrected chi connectivity index (χ1v) is 11.1. The van der Waals surface area contributed by atoms with Crippen molar-refractivity contribution in [3.8, 4) is 0 Å². The Morgan fingerprint density at radius 3 is 2.75 bits per heavy atom. The number of ether oxygens (including phenoxy) is 2. The number of anilines is 1. The molecule has 1 aliphatic heterocycles. The summed E-state index contributed by atoms with van der Waals surface area (Å²) in [6.45, 7) is 8.88. The number of benzene rings is 1. The SMILES string of the molecule is CN=C(NCCCOC(C)c1ccccc1)NCc1ccc(N2CCOC(C)C2)nc1.I. The van der Waals surface area contributed by atoms with Crippen molar-refractivity contribution in [3.63, 3.8) is 0 Å². The van der Waals surface area contributed by atoms with Gasteiger partial charge in [-0.1, -0.05) is 36.4 Å². The highest BCUT2D eigenvalue weighted by Crippen LogP contribution is 2.16. The topological polar surface area (TPSA) is 71.0 Å². The van der Waals surface area contributed by atoms with E-state index >= 15 is 0 Å². The van der Waals surface area contributed by atoms with Crippen LogP contribution in [0, 0.1) is 0 Å². The van der Waals surface area contributed by atoms with E-state index in [0.29, 0.717) is 13.2 Å². The molecule has 1 aromatic carbocycles. The van der Waals surface area contributed by atoms with E-state index in [9.17, 15) is 0 Å². The van der Waals surface area contributed by atoms with Crippen LogP contribution in [0.4, 0.5) is 5.82 Å². The van der Waals surface area contributed by atoms with Crippen LogP contribution in [0.1, 0.15) is 37.5 Å². The zero-order valence-electron chi connectivity index (χ0n) is 19.3. The van der Waals surface area contributed by atoms with Crippen molar-refractivity contribution in [2.24, 2.45) is 4.99 Å². The molecule has 32 heavy (non-hydrogen) atoms. The maximum Gasteiger partial charge on any atom is 0.191 e. The van der Waals surface area contributed by atoms with E-state index in [1.807, 2.05) is 24.4 Å². The summed E-state index contributed by atoms with van der Waals surface area (Å²) >= 11 is 0. The molecule has 1 saturated heterocycles. The number of rotatable bonds is 9. The Kier molecular flexibility index (Phi) is 11.8. The highest BCUT2D eigenvalue weighted by Gasteiger charge is 2.17. The number of guanidine groups is 1. The van der Waals surface area contributed by atoms with Gasteiger partial charge < -0.3 is 25.0 Å². The van der Waals surface area contributed by atoms with Gasteiger partial charge in [0.25, 0.3) is 0 Å². The number of morpholine rings is 1. The fourth-order valence-electron chi connectivity index (χ4n) is 3.50. The number of nitrogens with one attached hydrogen (secondary N) is 2. The summed E-state index contributed by atoms with van der Waals surface area (Å²) in [6, 6.07) is 14.5. The number of aliphatic imine (C=N–C) groups is 1. The molecule has 2 N–H and O–H groups in total. The molecular weight excluding hydrogens is 517 g/mol. The van der Waals surface area contributed by atoms with Crippen LogP contribution in [0.5, 0.6) is 0 Å². The van der Waals surface area contributed by atoms with Gasteiger partial charge in [-0.05, 0) is 37.5 Å². The van der Waals surface area contributed by atoms with Crippen molar-refractivity contribution in [2.75, 3.05) is 44.8 Å². The molecule has 2 atom stereocenters. The molecule has 2 aromatic rings. The van der Waals surface area contributed by atoms with Crippen LogP contribution < -0.4 is 15.5 Å². The minimum Gasteiger partial charge on any atom is -0.375 e. The zero-order chi connectivity index (χ0) is 21.9. The summed E-state index contributed by atoms with van der Waals surface area (Å²) in [7, 11) is 1.78. The van der Waals surface area contributed by atoms with Gasteiger partial charge in [0.15, 0.2) is 5.96 Å². The first-order chi connectivity index (χ1) is 15.2. The Bertz CT molecular complexity index is 804. The van der Waals surface area contributed by atoms with Crippen molar-refractivity contribution in [1.29, 1.82) is 0 Å². The molecule has 3 rings (SSSR count). The molecule has 8 heteroatoms. The number of aromatic nitrogens is 1. The van der Waals surface area contributed by atoms with Crippen LogP contribution in [-0.2, 0) is 16.0 Å². The highest BCUT2D eigenvalue weighted by molar-refractivity contribution is 14.0. The molecular formula is C24H36IN5O2. The Morgan fingerprint density at radius 1 is 1.25 bits per heavy atom. The molecule has 0 aliphatic carbocycles. The molecule has 0 radical (unpaired) electrons. The quantitative estimate of drug-likeness (QED) is 0.213. The van der Waals surface area contributed by atoms with Gasteiger partial charge in [-0.15, -0.1) is 24.0 Å². The number of hydrogen-bond donors (Lipinski definition) is 2. The predicted octanol–water partition coefficient (Wildman–Crippen LogP) is 3.76. The van der Waals surface area contributed by atoms with E-state index in [1.54, 1.807) is 7.05 Å². The second-order valence-electron chi connectivity index (χ2n) is 7.78. The van der Waals surface area contributed by atoms with Gasteiger partial charge in [0.05, 0.1) is 18.8 Å². The Hall–Kier alpha value is -1.91. The molecule has 1 aromatic heterocycles. The summed E-state index contributed by atoms with van der Waals surface area (Å²) in [5.74, 6) is 1.79. The first kappa shape index (κ1) is 26.3. The van der Waals surface area contributed by atoms with Crippen molar-refractivity contribution in [1.82, 2.24) is 15.6 Å². The van der Waals surface area contributed by atoms with Crippen LogP contribution in [0.3, 0.4) is 0 Å². The summed E-state index contributed by atoms with van der Waals surface area (Å²) in [5, 5.41) is 6.68. The maximum absolute atomic E-state index is 5.92. The molecule has 2 heterocycles. The Labute approximate surface area is 209 Å². The zero-order valence-corrected chi connectivity index (χ0v) is 21.6. The number of pyridine rings is 1.